The zero-order valence-corrected chi connectivity index (χ0v) is 13.0. The number of thiophene rings is 1. The van der Waals surface area contributed by atoms with Crippen molar-refractivity contribution in [3.8, 4) is 11.1 Å². The van der Waals surface area contributed by atoms with Crippen LogP contribution >= 0.6 is 34.5 Å². The summed E-state index contributed by atoms with van der Waals surface area (Å²) < 4.78 is 28.0. The van der Waals surface area contributed by atoms with Gasteiger partial charge in [-0.3, -0.25) is 0 Å². The molecule has 0 radical (unpaired) electrons. The van der Waals surface area contributed by atoms with E-state index in [2.05, 4.69) is 0 Å². The molecule has 112 valence electrons. The van der Waals surface area contributed by atoms with Gasteiger partial charge in [0.1, 0.15) is 16.5 Å². The minimum Gasteiger partial charge on any atom is -0.477 e. The first-order valence-corrected chi connectivity index (χ1v) is 7.56. The molecule has 2 aromatic carbocycles. The third-order valence-electron chi connectivity index (χ3n) is 3.10. The van der Waals surface area contributed by atoms with Gasteiger partial charge in [-0.05, 0) is 30.3 Å². The molecule has 0 saturated heterocycles. The second-order valence-electron chi connectivity index (χ2n) is 4.50. The Balaban J connectivity index is 2.44. The number of benzene rings is 2. The van der Waals surface area contributed by atoms with Crippen LogP contribution < -0.4 is 0 Å². The molecule has 3 aromatic rings. The molecular formula is C15H6Cl2F2O2S. The zero-order chi connectivity index (χ0) is 16.0. The Morgan fingerprint density at radius 2 is 1.82 bits per heavy atom. The standard InChI is InChI=1S/C15H6Cl2F2O2S/c16-6-3-9(17)13(10(19)4-6)12-8-2-1-7(18)5-11(8)22-14(12)15(20)21/h1-5H,(H,20,21). The number of fused-ring (bicyclic) bond motifs is 1. The van der Waals surface area contributed by atoms with Crippen LogP contribution in [0.3, 0.4) is 0 Å². The quantitative estimate of drug-likeness (QED) is 0.623. The normalized spacial score (nSPS) is 11.1. The van der Waals surface area contributed by atoms with E-state index in [0.717, 1.165) is 17.4 Å². The van der Waals surface area contributed by atoms with Crippen LogP contribution in [-0.2, 0) is 0 Å². The van der Waals surface area contributed by atoms with Gasteiger partial charge < -0.3 is 5.11 Å². The Kier molecular flexibility index (Phi) is 3.80. The molecule has 0 amide bonds. The van der Waals surface area contributed by atoms with Gasteiger partial charge in [-0.15, -0.1) is 11.3 Å². The van der Waals surface area contributed by atoms with E-state index < -0.39 is 17.6 Å². The summed E-state index contributed by atoms with van der Waals surface area (Å²) in [6, 6.07) is 6.19. The highest BCUT2D eigenvalue weighted by Crippen LogP contribution is 2.43. The molecule has 0 aliphatic rings. The number of hydrogen-bond acceptors (Lipinski definition) is 2. The Morgan fingerprint density at radius 3 is 2.45 bits per heavy atom. The van der Waals surface area contributed by atoms with Crippen molar-refractivity contribution in [2.75, 3.05) is 0 Å². The van der Waals surface area contributed by atoms with Crippen molar-refractivity contribution in [2.24, 2.45) is 0 Å². The molecule has 0 bridgehead atoms. The molecule has 0 aliphatic heterocycles. The van der Waals surface area contributed by atoms with Crippen molar-refractivity contribution >= 4 is 50.6 Å². The van der Waals surface area contributed by atoms with E-state index in [-0.39, 0.29) is 26.0 Å². The largest absolute Gasteiger partial charge is 0.477 e. The van der Waals surface area contributed by atoms with Crippen molar-refractivity contribution in [1.82, 2.24) is 0 Å². The van der Waals surface area contributed by atoms with Crippen molar-refractivity contribution in [2.45, 2.75) is 0 Å². The molecule has 1 heterocycles. The van der Waals surface area contributed by atoms with Crippen LogP contribution in [0.4, 0.5) is 8.78 Å². The SMILES string of the molecule is O=C(O)c1sc2cc(F)ccc2c1-c1c(F)cc(Cl)cc1Cl. The van der Waals surface area contributed by atoms with Crippen molar-refractivity contribution in [3.05, 3.63) is 56.9 Å². The van der Waals surface area contributed by atoms with Crippen LogP contribution in [0, 0.1) is 11.6 Å². The molecule has 1 aromatic heterocycles. The number of carboxylic acids is 1. The topological polar surface area (TPSA) is 37.3 Å². The summed E-state index contributed by atoms with van der Waals surface area (Å²) in [4.78, 5) is 11.4. The van der Waals surface area contributed by atoms with E-state index in [4.69, 9.17) is 23.2 Å². The molecule has 0 spiro atoms. The molecule has 0 unspecified atom stereocenters. The average molecular weight is 359 g/mol. The molecule has 0 aliphatic carbocycles. The first-order valence-electron chi connectivity index (χ1n) is 5.98. The molecule has 0 atom stereocenters. The third-order valence-corrected chi connectivity index (χ3v) is 4.76. The van der Waals surface area contributed by atoms with E-state index in [9.17, 15) is 18.7 Å². The Morgan fingerprint density at radius 1 is 1.09 bits per heavy atom. The van der Waals surface area contributed by atoms with Gasteiger partial charge in [0.2, 0.25) is 0 Å². The van der Waals surface area contributed by atoms with Crippen molar-refractivity contribution in [1.29, 1.82) is 0 Å². The van der Waals surface area contributed by atoms with Gasteiger partial charge in [0.05, 0.1) is 5.02 Å². The van der Waals surface area contributed by atoms with E-state index >= 15 is 0 Å². The molecular weight excluding hydrogens is 353 g/mol. The smallest absolute Gasteiger partial charge is 0.346 e. The van der Waals surface area contributed by atoms with Crippen LogP contribution in [0.2, 0.25) is 10.0 Å². The maximum atomic E-state index is 14.3. The summed E-state index contributed by atoms with van der Waals surface area (Å²) in [6.07, 6.45) is 0. The minimum atomic E-state index is -1.23. The van der Waals surface area contributed by atoms with Gasteiger partial charge >= 0.3 is 5.97 Å². The Bertz CT molecular complexity index is 898. The highest BCUT2D eigenvalue weighted by atomic mass is 35.5. The van der Waals surface area contributed by atoms with Crippen LogP contribution in [0.25, 0.3) is 21.2 Å². The van der Waals surface area contributed by atoms with Crippen molar-refractivity contribution in [3.63, 3.8) is 0 Å². The lowest BCUT2D eigenvalue weighted by molar-refractivity contribution is 0.0703. The summed E-state index contributed by atoms with van der Waals surface area (Å²) in [7, 11) is 0. The highest BCUT2D eigenvalue weighted by molar-refractivity contribution is 7.21. The lowest BCUT2D eigenvalue weighted by Gasteiger charge is -2.07. The summed E-state index contributed by atoms with van der Waals surface area (Å²) in [6.45, 7) is 0. The molecule has 2 nitrogen and oxygen atoms in total. The first-order chi connectivity index (χ1) is 10.4. The van der Waals surface area contributed by atoms with Crippen LogP contribution in [0.15, 0.2) is 30.3 Å². The Labute approximate surface area is 137 Å². The number of hydrogen-bond donors (Lipinski definition) is 1. The van der Waals surface area contributed by atoms with Crippen molar-refractivity contribution < 1.29 is 18.7 Å². The molecule has 0 fully saturated rings. The molecule has 0 saturated carbocycles. The van der Waals surface area contributed by atoms with Crippen LogP contribution in [-0.4, -0.2) is 11.1 Å². The predicted molar refractivity (Wildman–Crippen MR) is 84.2 cm³/mol. The van der Waals surface area contributed by atoms with Gasteiger partial charge in [0.25, 0.3) is 0 Å². The molecule has 22 heavy (non-hydrogen) atoms. The fourth-order valence-corrected chi connectivity index (χ4v) is 3.89. The summed E-state index contributed by atoms with van der Waals surface area (Å²) in [5, 5.41) is 9.88. The minimum absolute atomic E-state index is 0.00322. The fraction of sp³-hybridized carbons (Fsp3) is 0. The zero-order valence-electron chi connectivity index (χ0n) is 10.7. The van der Waals surface area contributed by atoms with Gasteiger partial charge in [-0.1, -0.05) is 23.2 Å². The maximum absolute atomic E-state index is 14.3. The van der Waals surface area contributed by atoms with Crippen LogP contribution in [0.1, 0.15) is 9.67 Å². The number of carbonyl (C=O) groups is 1. The maximum Gasteiger partial charge on any atom is 0.346 e. The second kappa shape index (κ2) is 5.50. The van der Waals surface area contributed by atoms with Gasteiger partial charge in [-0.2, -0.15) is 0 Å². The van der Waals surface area contributed by atoms with E-state index in [1.54, 1.807) is 0 Å². The molecule has 3 rings (SSSR count). The fourth-order valence-electron chi connectivity index (χ4n) is 2.25. The van der Waals surface area contributed by atoms with E-state index in [0.29, 0.717) is 10.1 Å². The molecule has 1 N–H and O–H groups in total. The van der Waals surface area contributed by atoms with Crippen LogP contribution in [0.5, 0.6) is 0 Å². The monoisotopic (exact) mass is 358 g/mol. The lowest BCUT2D eigenvalue weighted by atomic mass is 10.0. The average Bonchev–Trinajstić information content (AvgIpc) is 2.76. The number of aromatic carboxylic acids is 1. The third kappa shape index (κ3) is 2.45. The lowest BCUT2D eigenvalue weighted by Crippen LogP contribution is -1.97. The number of carboxylic acid groups (broad SMARTS) is 1. The van der Waals surface area contributed by atoms with Gasteiger partial charge in [0, 0.05) is 26.2 Å². The molecule has 7 heteroatoms. The number of rotatable bonds is 2. The summed E-state index contributed by atoms with van der Waals surface area (Å²) >= 11 is 12.6. The predicted octanol–water partition coefficient (Wildman–Crippen LogP) is 5.85. The number of halogens is 4. The van der Waals surface area contributed by atoms with E-state index in [1.165, 1.54) is 24.3 Å². The summed E-state index contributed by atoms with van der Waals surface area (Å²) in [5.74, 6) is -2.47. The first kappa shape index (κ1) is 15.2. The Hall–Kier alpha value is -1.69. The van der Waals surface area contributed by atoms with Gasteiger partial charge in [-0.25, -0.2) is 13.6 Å². The summed E-state index contributed by atoms with van der Waals surface area (Å²) in [5.41, 5.74) is 0.0768. The van der Waals surface area contributed by atoms with E-state index in [1.807, 2.05) is 0 Å². The highest BCUT2D eigenvalue weighted by Gasteiger charge is 2.24. The van der Waals surface area contributed by atoms with Gasteiger partial charge in [0.15, 0.2) is 0 Å². The second-order valence-corrected chi connectivity index (χ2v) is 6.39.